The maximum atomic E-state index is 13.4. The normalized spacial score (nSPS) is 13.4. The van der Waals surface area contributed by atoms with Crippen LogP contribution in [-0.2, 0) is 23.0 Å². The molecule has 0 fully saturated rings. The van der Waals surface area contributed by atoms with E-state index >= 15 is 0 Å². The van der Waals surface area contributed by atoms with E-state index in [1.54, 1.807) is 11.8 Å². The first-order valence-electron chi connectivity index (χ1n) is 11.6. The summed E-state index contributed by atoms with van der Waals surface area (Å²) in [6.07, 6.45) is 2.09. The Kier molecular flexibility index (Phi) is 6.09. The molecule has 5 rings (SSSR count). The van der Waals surface area contributed by atoms with E-state index in [0.29, 0.717) is 30.7 Å². The summed E-state index contributed by atoms with van der Waals surface area (Å²) in [4.78, 5) is 31.1. The minimum atomic E-state index is -4.05. The molecule has 0 atom stereocenters. The van der Waals surface area contributed by atoms with Gasteiger partial charge in [-0.05, 0) is 66.9 Å². The molecule has 2 heterocycles. The van der Waals surface area contributed by atoms with Gasteiger partial charge in [0.1, 0.15) is 11.4 Å². The lowest BCUT2D eigenvalue weighted by molar-refractivity contribution is 0.0733. The van der Waals surface area contributed by atoms with E-state index in [4.69, 9.17) is 0 Å². The molecule has 0 radical (unpaired) electrons. The highest BCUT2D eigenvalue weighted by Gasteiger charge is 2.27. The number of pyridine rings is 1. The molecule has 7 nitrogen and oxygen atoms in total. The molecule has 1 amide bonds. The largest absolute Gasteiger partial charge is 0.360 e. The predicted octanol–water partition coefficient (Wildman–Crippen LogP) is 4.08. The predicted molar refractivity (Wildman–Crippen MR) is 136 cm³/mol. The van der Waals surface area contributed by atoms with Gasteiger partial charge in [-0.15, -0.1) is 0 Å². The number of nitrogens with zero attached hydrogens (tertiary/aromatic N) is 2. The van der Waals surface area contributed by atoms with E-state index < -0.39 is 27.2 Å². The van der Waals surface area contributed by atoms with E-state index in [1.807, 2.05) is 24.3 Å². The summed E-state index contributed by atoms with van der Waals surface area (Å²) < 4.78 is 41.4. The van der Waals surface area contributed by atoms with Crippen molar-refractivity contribution in [2.45, 2.75) is 24.8 Å². The zero-order valence-corrected chi connectivity index (χ0v) is 20.4. The van der Waals surface area contributed by atoms with Gasteiger partial charge in [0, 0.05) is 36.7 Å². The van der Waals surface area contributed by atoms with Crippen LogP contribution >= 0.6 is 0 Å². The highest BCUT2D eigenvalue weighted by atomic mass is 32.2. The van der Waals surface area contributed by atoms with Crippen LogP contribution in [0.2, 0.25) is 0 Å². The Morgan fingerprint density at radius 1 is 1.06 bits per heavy atom. The van der Waals surface area contributed by atoms with Crippen LogP contribution in [0.4, 0.5) is 10.1 Å². The molecule has 1 N–H and O–H groups in total. The zero-order valence-electron chi connectivity index (χ0n) is 19.6. The molecule has 0 bridgehead atoms. The number of H-pyrrole nitrogens is 1. The van der Waals surface area contributed by atoms with E-state index in [0.717, 1.165) is 9.87 Å². The molecule has 1 aliphatic rings. The molecule has 3 aromatic carbocycles. The number of carbonyl (C=O) groups is 1. The lowest BCUT2D eigenvalue weighted by Gasteiger charge is -2.28. The van der Waals surface area contributed by atoms with Crippen LogP contribution in [-0.4, -0.2) is 37.3 Å². The van der Waals surface area contributed by atoms with Gasteiger partial charge in [-0.25, -0.2) is 12.8 Å². The number of sulfonamides is 1. The van der Waals surface area contributed by atoms with Crippen LogP contribution < -0.4 is 9.73 Å². The smallest absolute Gasteiger partial charge is 0.264 e. The first-order valence-corrected chi connectivity index (χ1v) is 13.0. The second-order valence-electron chi connectivity index (χ2n) is 8.63. The zero-order chi connectivity index (χ0) is 25.4. The molecular weight excluding hydrogens is 481 g/mol. The van der Waals surface area contributed by atoms with Crippen LogP contribution in [0.3, 0.4) is 0 Å². The van der Waals surface area contributed by atoms with Crippen LogP contribution in [0.1, 0.15) is 28.4 Å². The Balaban J connectivity index is 1.51. The van der Waals surface area contributed by atoms with Crippen molar-refractivity contribution in [1.82, 2.24) is 9.88 Å². The fourth-order valence-electron chi connectivity index (χ4n) is 4.58. The van der Waals surface area contributed by atoms with Crippen molar-refractivity contribution >= 4 is 32.5 Å². The van der Waals surface area contributed by atoms with Gasteiger partial charge in [0.25, 0.3) is 15.9 Å². The number of nitrogens with one attached hydrogen (secondary N) is 1. The van der Waals surface area contributed by atoms with Crippen molar-refractivity contribution in [3.05, 3.63) is 106 Å². The molecule has 36 heavy (non-hydrogen) atoms. The van der Waals surface area contributed by atoms with E-state index in [2.05, 4.69) is 4.98 Å². The van der Waals surface area contributed by atoms with Gasteiger partial charge < -0.3 is 9.88 Å². The maximum Gasteiger partial charge on any atom is 0.264 e. The molecule has 0 saturated carbocycles. The molecule has 184 valence electrons. The Morgan fingerprint density at radius 3 is 2.50 bits per heavy atom. The highest BCUT2D eigenvalue weighted by Crippen LogP contribution is 2.26. The van der Waals surface area contributed by atoms with Crippen molar-refractivity contribution in [3.8, 4) is 0 Å². The van der Waals surface area contributed by atoms with Crippen molar-refractivity contribution in [2.75, 3.05) is 17.4 Å². The second kappa shape index (κ2) is 9.23. The second-order valence-corrected chi connectivity index (χ2v) is 10.5. The molecule has 4 aromatic rings. The Morgan fingerprint density at radius 2 is 1.78 bits per heavy atom. The number of halogens is 1. The molecule has 1 aromatic heterocycles. The quantitative estimate of drug-likeness (QED) is 0.443. The average molecular weight is 506 g/mol. The monoisotopic (exact) mass is 505 g/mol. The van der Waals surface area contributed by atoms with Crippen LogP contribution in [0, 0.1) is 5.82 Å². The maximum absolute atomic E-state index is 13.4. The average Bonchev–Trinajstić information content (AvgIpc) is 2.89. The number of carbonyl (C=O) groups excluding carboxylic acids is 1. The molecule has 0 saturated heterocycles. The number of amides is 1. The molecule has 0 aliphatic carbocycles. The van der Waals surface area contributed by atoms with E-state index in [-0.39, 0.29) is 22.4 Å². The summed E-state index contributed by atoms with van der Waals surface area (Å²) in [5.41, 5.74) is 2.39. The van der Waals surface area contributed by atoms with E-state index in [9.17, 15) is 22.4 Å². The molecule has 0 unspecified atom stereocenters. The SMILES string of the molecule is CCN(c1ccc(F)cc1)S(=O)(=O)c1ccc2[nH]cc(C(=O)N3CCc4ccccc4C3)c(=O)c2c1. The third kappa shape index (κ3) is 4.15. The summed E-state index contributed by atoms with van der Waals surface area (Å²) >= 11 is 0. The summed E-state index contributed by atoms with van der Waals surface area (Å²) in [6, 6.07) is 17.2. The molecular formula is C27H24FN3O4S. The van der Waals surface area contributed by atoms with Crippen molar-refractivity contribution < 1.29 is 17.6 Å². The number of aromatic nitrogens is 1. The minimum Gasteiger partial charge on any atom is -0.360 e. The summed E-state index contributed by atoms with van der Waals surface area (Å²) in [7, 11) is -4.05. The summed E-state index contributed by atoms with van der Waals surface area (Å²) in [5, 5.41) is 0.106. The van der Waals surface area contributed by atoms with Gasteiger partial charge in [-0.1, -0.05) is 24.3 Å². The first kappa shape index (κ1) is 23.7. The van der Waals surface area contributed by atoms with Crippen molar-refractivity contribution in [1.29, 1.82) is 0 Å². The van der Waals surface area contributed by atoms with Gasteiger partial charge in [0.15, 0.2) is 0 Å². The number of hydrogen-bond donors (Lipinski definition) is 1. The third-order valence-electron chi connectivity index (χ3n) is 6.49. The number of anilines is 1. The number of benzene rings is 3. The topological polar surface area (TPSA) is 90.6 Å². The Labute approximate surface area is 207 Å². The van der Waals surface area contributed by atoms with Gasteiger partial charge in [-0.3, -0.25) is 13.9 Å². The number of hydrogen-bond acceptors (Lipinski definition) is 4. The van der Waals surface area contributed by atoms with Crippen molar-refractivity contribution in [2.24, 2.45) is 0 Å². The van der Waals surface area contributed by atoms with Crippen LogP contribution in [0.5, 0.6) is 0 Å². The molecule has 1 aliphatic heterocycles. The van der Waals surface area contributed by atoms with Gasteiger partial charge >= 0.3 is 0 Å². The number of aromatic amines is 1. The van der Waals surface area contributed by atoms with Gasteiger partial charge in [0.05, 0.1) is 10.6 Å². The fourth-order valence-corrected chi connectivity index (χ4v) is 6.08. The van der Waals surface area contributed by atoms with Gasteiger partial charge in [0.2, 0.25) is 5.43 Å². The van der Waals surface area contributed by atoms with E-state index in [1.165, 1.54) is 54.2 Å². The lowest BCUT2D eigenvalue weighted by atomic mass is 9.99. The van der Waals surface area contributed by atoms with Gasteiger partial charge in [-0.2, -0.15) is 0 Å². The minimum absolute atomic E-state index is 0.0395. The standard InChI is InChI=1S/C27H24FN3O4S/c1-2-31(21-9-7-20(28)8-10-21)36(34,35)22-11-12-25-23(15-22)26(32)24(16-29-25)27(33)30-14-13-18-5-3-4-6-19(18)17-30/h3-12,15-16H,2,13-14,17H2,1H3,(H,29,32). The summed E-state index contributed by atoms with van der Waals surface area (Å²) in [6.45, 7) is 2.68. The van der Waals surface area contributed by atoms with Crippen LogP contribution in [0.15, 0.2) is 82.6 Å². The fraction of sp³-hybridized carbons (Fsp3) is 0.185. The molecule has 0 spiro atoms. The number of rotatable bonds is 5. The highest BCUT2D eigenvalue weighted by molar-refractivity contribution is 7.92. The third-order valence-corrected chi connectivity index (χ3v) is 8.39. The Hall–Kier alpha value is -3.98. The van der Waals surface area contributed by atoms with Crippen LogP contribution in [0.25, 0.3) is 10.9 Å². The Bertz CT molecular complexity index is 1630. The number of fused-ring (bicyclic) bond motifs is 2. The lowest BCUT2D eigenvalue weighted by Crippen LogP contribution is -2.38. The molecule has 9 heteroatoms. The summed E-state index contributed by atoms with van der Waals surface area (Å²) in [5.74, 6) is -0.874. The van der Waals surface area contributed by atoms with Crippen molar-refractivity contribution in [3.63, 3.8) is 0 Å². The first-order chi connectivity index (χ1) is 17.3.